The number of nitrogens with zero attached hydrogens (tertiary/aromatic N) is 2. The van der Waals surface area contributed by atoms with E-state index in [1.165, 1.54) is 12.8 Å². The number of benzene rings is 1. The maximum Gasteiger partial charge on any atom is 0.132 e. The van der Waals surface area contributed by atoms with Crippen LogP contribution in [0.25, 0.3) is 11.3 Å². The Morgan fingerprint density at radius 3 is 2.68 bits per heavy atom. The second-order valence-electron chi connectivity index (χ2n) is 4.98. The van der Waals surface area contributed by atoms with E-state index in [-0.39, 0.29) is 5.56 Å². The lowest BCUT2D eigenvalue weighted by Gasteiger charge is -2.08. The summed E-state index contributed by atoms with van der Waals surface area (Å²) in [6.45, 7) is 0. The van der Waals surface area contributed by atoms with Crippen molar-refractivity contribution in [3.63, 3.8) is 0 Å². The van der Waals surface area contributed by atoms with Crippen molar-refractivity contribution in [1.82, 2.24) is 9.78 Å². The lowest BCUT2D eigenvalue weighted by Crippen LogP contribution is -2.05. The fraction of sp³-hybridized carbons (Fsp3) is 0.357. The van der Waals surface area contributed by atoms with Gasteiger partial charge < -0.3 is 5.73 Å². The van der Waals surface area contributed by atoms with Gasteiger partial charge in [0.25, 0.3) is 0 Å². The molecule has 1 aromatic carbocycles. The van der Waals surface area contributed by atoms with Gasteiger partial charge in [-0.1, -0.05) is 12.8 Å². The minimum absolute atomic E-state index is 0.120. The van der Waals surface area contributed by atoms with Gasteiger partial charge in [0.2, 0.25) is 0 Å². The van der Waals surface area contributed by atoms with Gasteiger partial charge in [-0.15, -0.1) is 0 Å². The Morgan fingerprint density at radius 2 is 1.95 bits per heavy atom. The third-order valence-corrected chi connectivity index (χ3v) is 3.64. The molecule has 0 bridgehead atoms. The maximum atomic E-state index is 13.8. The number of halogens is 2. The second kappa shape index (κ2) is 4.64. The van der Waals surface area contributed by atoms with E-state index >= 15 is 0 Å². The molecule has 1 aromatic heterocycles. The zero-order chi connectivity index (χ0) is 13.4. The molecular formula is C14H15F2N3. The molecule has 1 saturated carbocycles. The van der Waals surface area contributed by atoms with E-state index in [2.05, 4.69) is 5.10 Å². The molecular weight excluding hydrogens is 248 g/mol. The number of nitrogen functional groups attached to an aromatic ring is 1. The van der Waals surface area contributed by atoms with Crippen LogP contribution < -0.4 is 5.73 Å². The van der Waals surface area contributed by atoms with Gasteiger partial charge in [-0.2, -0.15) is 5.10 Å². The normalized spacial score (nSPS) is 16.1. The topological polar surface area (TPSA) is 43.8 Å². The van der Waals surface area contributed by atoms with E-state index in [0.717, 1.165) is 31.0 Å². The molecule has 0 atom stereocenters. The van der Waals surface area contributed by atoms with Gasteiger partial charge >= 0.3 is 0 Å². The van der Waals surface area contributed by atoms with Gasteiger partial charge in [0.05, 0.1) is 11.7 Å². The number of hydrogen-bond acceptors (Lipinski definition) is 2. The average Bonchev–Trinajstić information content (AvgIpc) is 3.01. The van der Waals surface area contributed by atoms with Gasteiger partial charge in [0.1, 0.15) is 17.3 Å². The van der Waals surface area contributed by atoms with Crippen LogP contribution in [0.4, 0.5) is 14.5 Å². The molecule has 5 heteroatoms. The predicted molar refractivity (Wildman–Crippen MR) is 69.5 cm³/mol. The lowest BCUT2D eigenvalue weighted by atomic mass is 10.1. The highest BCUT2D eigenvalue weighted by molar-refractivity contribution is 5.72. The molecule has 0 amide bonds. The SMILES string of the molecule is Nc1cn(C2CCCC2)nc1-c1cc(F)ccc1F. The number of nitrogens with two attached hydrogens (primary N) is 1. The largest absolute Gasteiger partial charge is 0.396 e. The number of hydrogen-bond donors (Lipinski definition) is 1. The van der Waals surface area contributed by atoms with Crippen LogP contribution in [-0.2, 0) is 0 Å². The fourth-order valence-electron chi connectivity index (χ4n) is 2.65. The Balaban J connectivity index is 2.02. The third-order valence-electron chi connectivity index (χ3n) is 3.64. The Kier molecular flexibility index (Phi) is 2.97. The van der Waals surface area contributed by atoms with Crippen LogP contribution in [0, 0.1) is 11.6 Å². The van der Waals surface area contributed by atoms with Gasteiger partial charge in [0, 0.05) is 11.8 Å². The van der Waals surface area contributed by atoms with Crippen molar-refractivity contribution in [3.8, 4) is 11.3 Å². The molecule has 1 aliphatic rings. The van der Waals surface area contributed by atoms with Crippen molar-refractivity contribution in [2.75, 3.05) is 5.73 Å². The molecule has 2 aromatic rings. The van der Waals surface area contributed by atoms with Crippen LogP contribution in [-0.4, -0.2) is 9.78 Å². The first kappa shape index (κ1) is 12.1. The summed E-state index contributed by atoms with van der Waals surface area (Å²) in [5, 5.41) is 4.35. The van der Waals surface area contributed by atoms with Gasteiger partial charge in [-0.3, -0.25) is 4.68 Å². The second-order valence-corrected chi connectivity index (χ2v) is 4.98. The first-order valence-corrected chi connectivity index (χ1v) is 6.45. The molecule has 2 N–H and O–H groups in total. The smallest absolute Gasteiger partial charge is 0.132 e. The summed E-state index contributed by atoms with van der Waals surface area (Å²) in [7, 11) is 0. The Bertz CT molecular complexity index is 601. The van der Waals surface area contributed by atoms with E-state index < -0.39 is 11.6 Å². The summed E-state index contributed by atoms with van der Waals surface area (Å²) >= 11 is 0. The molecule has 19 heavy (non-hydrogen) atoms. The van der Waals surface area contributed by atoms with Crippen LogP contribution in [0.5, 0.6) is 0 Å². The molecule has 1 aliphatic carbocycles. The summed E-state index contributed by atoms with van der Waals surface area (Å²) in [5.74, 6) is -1.00. The van der Waals surface area contributed by atoms with Crippen molar-refractivity contribution < 1.29 is 8.78 Å². The highest BCUT2D eigenvalue weighted by Crippen LogP contribution is 2.33. The van der Waals surface area contributed by atoms with E-state index in [1.807, 2.05) is 0 Å². The highest BCUT2D eigenvalue weighted by atomic mass is 19.1. The van der Waals surface area contributed by atoms with Crippen LogP contribution >= 0.6 is 0 Å². The van der Waals surface area contributed by atoms with Crippen molar-refractivity contribution in [2.24, 2.45) is 0 Å². The van der Waals surface area contributed by atoms with E-state index in [4.69, 9.17) is 5.73 Å². The summed E-state index contributed by atoms with van der Waals surface area (Å²) in [4.78, 5) is 0. The average molecular weight is 263 g/mol. The van der Waals surface area contributed by atoms with Crippen LogP contribution in [0.2, 0.25) is 0 Å². The van der Waals surface area contributed by atoms with Crippen molar-refractivity contribution in [3.05, 3.63) is 36.0 Å². The van der Waals surface area contributed by atoms with E-state index in [1.54, 1.807) is 10.9 Å². The number of aromatic nitrogens is 2. The summed E-state index contributed by atoms with van der Waals surface area (Å²) < 4.78 is 28.8. The molecule has 0 unspecified atom stereocenters. The van der Waals surface area contributed by atoms with E-state index in [9.17, 15) is 8.78 Å². The first-order valence-electron chi connectivity index (χ1n) is 6.45. The molecule has 0 saturated heterocycles. The maximum absolute atomic E-state index is 13.8. The zero-order valence-corrected chi connectivity index (χ0v) is 10.4. The van der Waals surface area contributed by atoms with Crippen molar-refractivity contribution in [1.29, 1.82) is 0 Å². The lowest BCUT2D eigenvalue weighted by molar-refractivity contribution is 0.468. The quantitative estimate of drug-likeness (QED) is 0.900. The van der Waals surface area contributed by atoms with Crippen LogP contribution in [0.3, 0.4) is 0 Å². The Morgan fingerprint density at radius 1 is 1.21 bits per heavy atom. The monoisotopic (exact) mass is 263 g/mol. The highest BCUT2D eigenvalue weighted by Gasteiger charge is 2.21. The number of rotatable bonds is 2. The minimum atomic E-state index is -0.509. The molecule has 0 radical (unpaired) electrons. The van der Waals surface area contributed by atoms with Crippen LogP contribution in [0.15, 0.2) is 24.4 Å². The summed E-state index contributed by atoms with van der Waals surface area (Å²) in [5.41, 5.74) is 6.72. The number of anilines is 1. The van der Waals surface area contributed by atoms with Crippen molar-refractivity contribution in [2.45, 2.75) is 31.7 Å². The molecule has 0 aliphatic heterocycles. The van der Waals surface area contributed by atoms with Crippen LogP contribution in [0.1, 0.15) is 31.7 Å². The molecule has 0 spiro atoms. The predicted octanol–water partition coefficient (Wildman–Crippen LogP) is 3.53. The van der Waals surface area contributed by atoms with Gasteiger partial charge in [0.15, 0.2) is 0 Å². The minimum Gasteiger partial charge on any atom is -0.396 e. The molecule has 3 rings (SSSR count). The van der Waals surface area contributed by atoms with E-state index in [0.29, 0.717) is 17.4 Å². The molecule has 1 heterocycles. The first-order chi connectivity index (χ1) is 9.15. The molecule has 3 nitrogen and oxygen atoms in total. The molecule has 1 fully saturated rings. The Hall–Kier alpha value is -1.91. The fourth-order valence-corrected chi connectivity index (χ4v) is 2.65. The van der Waals surface area contributed by atoms with Gasteiger partial charge in [-0.25, -0.2) is 8.78 Å². The Labute approximate surface area is 110 Å². The van der Waals surface area contributed by atoms with Gasteiger partial charge in [-0.05, 0) is 31.0 Å². The summed E-state index contributed by atoms with van der Waals surface area (Å²) in [6.07, 6.45) is 6.19. The third kappa shape index (κ3) is 2.20. The van der Waals surface area contributed by atoms with Crippen molar-refractivity contribution >= 4 is 5.69 Å². The standard InChI is InChI=1S/C14H15F2N3/c15-9-5-6-12(16)11(7-9)14-13(17)8-19(18-14)10-3-1-2-4-10/h5-8,10H,1-4,17H2. The molecule has 100 valence electrons. The zero-order valence-electron chi connectivity index (χ0n) is 10.4. The summed E-state index contributed by atoms with van der Waals surface area (Å²) in [6, 6.07) is 3.64.